The molecule has 0 N–H and O–H groups in total. The van der Waals surface area contributed by atoms with E-state index in [1.54, 1.807) is 17.0 Å². The van der Waals surface area contributed by atoms with Gasteiger partial charge in [-0.15, -0.1) is 11.3 Å². The monoisotopic (exact) mass is 558 g/mol. The zero-order valence-corrected chi connectivity index (χ0v) is 22.8. The highest BCUT2D eigenvalue weighted by Gasteiger charge is 2.36. The number of halogens is 3. The molecule has 0 spiro atoms. The van der Waals surface area contributed by atoms with E-state index in [0.717, 1.165) is 24.3 Å². The Morgan fingerprint density at radius 1 is 1.09 bits per heavy atom. The summed E-state index contributed by atoms with van der Waals surface area (Å²) in [5.41, 5.74) is 2.03. The van der Waals surface area contributed by atoms with Crippen LogP contribution in [0.3, 0.4) is 0 Å². The number of amides is 1. The van der Waals surface area contributed by atoms with E-state index in [2.05, 4.69) is 18.7 Å². The molecule has 1 saturated heterocycles. The molecule has 5 nitrogen and oxygen atoms in total. The minimum absolute atomic E-state index is 0.0502. The molecule has 1 aliphatic rings. The Labute approximate surface area is 219 Å². The van der Waals surface area contributed by atoms with Crippen LogP contribution in [-0.4, -0.2) is 49.9 Å². The topological polar surface area (TPSA) is 57.7 Å². The van der Waals surface area contributed by atoms with E-state index in [9.17, 15) is 13.2 Å². The first-order chi connectivity index (χ1) is 16.1. The predicted octanol–water partition coefficient (Wildman–Crippen LogP) is 6.54. The normalized spacial score (nSPS) is 17.3. The van der Waals surface area contributed by atoms with Crippen molar-refractivity contribution in [1.29, 1.82) is 0 Å². The molecule has 1 atom stereocenters. The highest BCUT2D eigenvalue weighted by atomic mass is 35.5. The van der Waals surface area contributed by atoms with Crippen molar-refractivity contribution < 1.29 is 13.2 Å². The lowest BCUT2D eigenvalue weighted by Crippen LogP contribution is -2.40. The van der Waals surface area contributed by atoms with Gasteiger partial charge in [0.1, 0.15) is 4.88 Å². The van der Waals surface area contributed by atoms with Gasteiger partial charge in [0, 0.05) is 46.5 Å². The summed E-state index contributed by atoms with van der Waals surface area (Å²) in [5, 5.41) is 1.70. The lowest BCUT2D eigenvalue weighted by molar-refractivity contribution is 0.0686. The van der Waals surface area contributed by atoms with Crippen LogP contribution < -0.4 is 4.90 Å². The van der Waals surface area contributed by atoms with Gasteiger partial charge in [0.25, 0.3) is 5.91 Å². The van der Waals surface area contributed by atoms with Crippen molar-refractivity contribution in [3.05, 3.63) is 61.9 Å². The van der Waals surface area contributed by atoms with Gasteiger partial charge in [-0.05, 0) is 50.1 Å². The second-order valence-electron chi connectivity index (χ2n) is 8.33. The molecular formula is C24H25Cl3N2O3S2. The molecular weight excluding hydrogens is 535 g/mol. The van der Waals surface area contributed by atoms with Gasteiger partial charge in [0.15, 0.2) is 9.84 Å². The van der Waals surface area contributed by atoms with Crippen LogP contribution in [0.2, 0.25) is 15.1 Å². The number of benzene rings is 2. The summed E-state index contributed by atoms with van der Waals surface area (Å²) in [5.74, 6) is -0.275. The molecule has 0 bridgehead atoms. The molecule has 4 rings (SSSR count). The second-order valence-corrected chi connectivity index (χ2v) is 12.8. The van der Waals surface area contributed by atoms with E-state index in [-0.39, 0.29) is 29.0 Å². The summed E-state index contributed by atoms with van der Waals surface area (Å²) < 4.78 is 25.2. The first kappa shape index (κ1) is 25.6. The lowest BCUT2D eigenvalue weighted by atomic mass is 10.1. The molecule has 182 valence electrons. The Morgan fingerprint density at radius 3 is 2.35 bits per heavy atom. The molecule has 1 fully saturated rings. The maximum atomic E-state index is 13.8. The van der Waals surface area contributed by atoms with E-state index >= 15 is 0 Å². The van der Waals surface area contributed by atoms with Gasteiger partial charge < -0.3 is 9.80 Å². The molecule has 10 heteroatoms. The summed E-state index contributed by atoms with van der Waals surface area (Å²) in [7, 11) is -3.19. The average Bonchev–Trinajstić information content (AvgIpc) is 3.32. The van der Waals surface area contributed by atoms with Crippen LogP contribution in [0.1, 0.15) is 35.5 Å². The molecule has 3 aromatic rings. The molecule has 0 aliphatic carbocycles. The summed E-state index contributed by atoms with van der Waals surface area (Å²) in [6, 6.07) is 10.9. The Morgan fingerprint density at radius 2 is 1.76 bits per heavy atom. The van der Waals surface area contributed by atoms with Gasteiger partial charge >= 0.3 is 0 Å². The third-order valence-corrected chi connectivity index (χ3v) is 10.1. The molecule has 2 heterocycles. The smallest absolute Gasteiger partial charge is 0.266 e. The Hall–Kier alpha value is -1.51. The second kappa shape index (κ2) is 10.2. The van der Waals surface area contributed by atoms with Crippen LogP contribution in [0.4, 0.5) is 5.69 Å². The summed E-state index contributed by atoms with van der Waals surface area (Å²) in [6.45, 7) is 6.30. The summed E-state index contributed by atoms with van der Waals surface area (Å²) in [6.07, 6.45) is 0.403. The van der Waals surface area contributed by atoms with Gasteiger partial charge in [0.2, 0.25) is 0 Å². The highest BCUT2D eigenvalue weighted by molar-refractivity contribution is 7.91. The van der Waals surface area contributed by atoms with E-state index in [1.165, 1.54) is 11.3 Å². The predicted molar refractivity (Wildman–Crippen MR) is 144 cm³/mol. The number of hydrogen-bond donors (Lipinski definition) is 0. The minimum Gasteiger partial charge on any atom is -0.372 e. The molecule has 1 aliphatic heterocycles. The van der Waals surface area contributed by atoms with Crippen LogP contribution in [-0.2, 0) is 16.4 Å². The summed E-state index contributed by atoms with van der Waals surface area (Å²) >= 11 is 20.3. The number of carbonyl (C=O) groups is 1. The van der Waals surface area contributed by atoms with Gasteiger partial charge in [-0.3, -0.25) is 4.79 Å². The highest BCUT2D eigenvalue weighted by Crippen LogP contribution is 2.42. The molecule has 1 aromatic heterocycles. The quantitative estimate of drug-likeness (QED) is 0.330. The number of anilines is 1. The fourth-order valence-corrected chi connectivity index (χ4v) is 8.43. The van der Waals surface area contributed by atoms with Crippen molar-refractivity contribution in [2.75, 3.05) is 29.5 Å². The SMILES string of the molecule is CCN(CC)c1ccc(CN(C(=O)c2sc3cc(Cl)cc(Cl)c3c2Cl)C2CCS(=O)(=O)C2)cc1. The van der Waals surface area contributed by atoms with E-state index < -0.39 is 15.9 Å². The van der Waals surface area contributed by atoms with E-state index in [4.69, 9.17) is 34.8 Å². The Balaban J connectivity index is 1.70. The minimum atomic E-state index is -3.19. The molecule has 0 saturated carbocycles. The Kier molecular flexibility index (Phi) is 7.70. The number of hydrogen-bond acceptors (Lipinski definition) is 5. The first-order valence-electron chi connectivity index (χ1n) is 11.1. The maximum Gasteiger partial charge on any atom is 0.266 e. The largest absolute Gasteiger partial charge is 0.372 e. The van der Waals surface area contributed by atoms with Gasteiger partial charge in [-0.25, -0.2) is 8.42 Å². The van der Waals surface area contributed by atoms with Crippen LogP contribution in [0, 0.1) is 0 Å². The van der Waals surface area contributed by atoms with Crippen molar-refractivity contribution in [3.8, 4) is 0 Å². The maximum absolute atomic E-state index is 13.8. The summed E-state index contributed by atoms with van der Waals surface area (Å²) in [4.78, 5) is 18.0. The molecule has 2 aromatic carbocycles. The number of rotatable bonds is 7. The van der Waals surface area contributed by atoms with Gasteiger partial charge in [-0.2, -0.15) is 0 Å². The van der Waals surface area contributed by atoms with Crippen LogP contribution in [0.25, 0.3) is 10.1 Å². The molecule has 34 heavy (non-hydrogen) atoms. The average molecular weight is 560 g/mol. The van der Waals surface area contributed by atoms with E-state index in [1.807, 2.05) is 24.3 Å². The van der Waals surface area contributed by atoms with Crippen molar-refractivity contribution in [3.63, 3.8) is 0 Å². The zero-order valence-electron chi connectivity index (χ0n) is 18.9. The third kappa shape index (κ3) is 5.19. The third-order valence-electron chi connectivity index (χ3n) is 6.17. The van der Waals surface area contributed by atoms with Crippen molar-refractivity contribution in [2.24, 2.45) is 0 Å². The van der Waals surface area contributed by atoms with Crippen molar-refractivity contribution >= 4 is 77.7 Å². The number of sulfone groups is 1. The number of thiophene rings is 1. The number of fused-ring (bicyclic) bond motifs is 1. The number of nitrogens with zero attached hydrogens (tertiary/aromatic N) is 2. The Bertz CT molecular complexity index is 1320. The number of carbonyl (C=O) groups excluding carboxylic acids is 1. The standard InChI is InChI=1S/C24H25Cl3N2O3S2/c1-3-28(4-2)17-7-5-15(6-8-17)13-29(18-9-10-34(31,32)14-18)24(30)23-22(27)21-19(26)11-16(25)12-20(21)33-23/h5-8,11-12,18H,3-4,9-10,13-14H2,1-2H3. The van der Waals surface area contributed by atoms with Crippen molar-refractivity contribution in [2.45, 2.75) is 32.9 Å². The molecule has 0 radical (unpaired) electrons. The van der Waals surface area contributed by atoms with Crippen LogP contribution in [0.5, 0.6) is 0 Å². The zero-order chi connectivity index (χ0) is 24.6. The first-order valence-corrected chi connectivity index (χ1v) is 14.8. The lowest BCUT2D eigenvalue weighted by Gasteiger charge is -2.28. The van der Waals surface area contributed by atoms with E-state index in [0.29, 0.717) is 31.4 Å². The van der Waals surface area contributed by atoms with Crippen LogP contribution >= 0.6 is 46.1 Å². The van der Waals surface area contributed by atoms with Gasteiger partial charge in [0.05, 0.1) is 21.6 Å². The van der Waals surface area contributed by atoms with Crippen LogP contribution in [0.15, 0.2) is 36.4 Å². The molecule has 1 amide bonds. The fourth-order valence-electron chi connectivity index (χ4n) is 4.37. The van der Waals surface area contributed by atoms with Gasteiger partial charge in [-0.1, -0.05) is 46.9 Å². The van der Waals surface area contributed by atoms with Crippen molar-refractivity contribution in [1.82, 2.24) is 4.90 Å². The fraction of sp³-hybridized carbons (Fsp3) is 0.375. The molecule has 1 unspecified atom stereocenters.